The Morgan fingerprint density at radius 1 is 1.06 bits per heavy atom. The fourth-order valence-electron chi connectivity index (χ4n) is 3.71. The fourth-order valence-corrected chi connectivity index (χ4v) is 3.98. The first-order chi connectivity index (χ1) is 16.6. The van der Waals surface area contributed by atoms with Gasteiger partial charge in [-0.25, -0.2) is 15.4 Å². The number of hydroxylamine groups is 1. The fraction of sp³-hybridized carbons (Fsp3) is 0.120. The quantitative estimate of drug-likeness (QED) is 0.273. The molecule has 0 atom stereocenters. The molecule has 170 valence electrons. The van der Waals surface area contributed by atoms with E-state index in [4.69, 9.17) is 26.5 Å². The second-order valence-corrected chi connectivity index (χ2v) is 8.05. The second kappa shape index (κ2) is 9.56. The summed E-state index contributed by atoms with van der Waals surface area (Å²) >= 11 is 6.35. The predicted octanol–water partition coefficient (Wildman–Crippen LogP) is 4.00. The molecule has 0 bridgehead atoms. The highest BCUT2D eigenvalue weighted by Gasteiger charge is 2.13. The first-order valence-electron chi connectivity index (χ1n) is 10.6. The van der Waals surface area contributed by atoms with Crippen molar-refractivity contribution in [2.24, 2.45) is 0 Å². The van der Waals surface area contributed by atoms with Crippen molar-refractivity contribution < 1.29 is 14.7 Å². The van der Waals surface area contributed by atoms with Gasteiger partial charge >= 0.3 is 0 Å². The zero-order valence-corrected chi connectivity index (χ0v) is 18.7. The first kappa shape index (κ1) is 22.0. The van der Waals surface area contributed by atoms with Crippen LogP contribution < -0.4 is 5.48 Å². The Morgan fingerprint density at radius 3 is 2.79 bits per heavy atom. The topological polar surface area (TPSA) is 102 Å². The number of nitrogens with zero attached hydrogens (tertiary/aromatic N) is 4. The van der Waals surface area contributed by atoms with Gasteiger partial charge in [-0.2, -0.15) is 0 Å². The lowest BCUT2D eigenvalue weighted by molar-refractivity contribution is 0.0168. The van der Waals surface area contributed by atoms with Crippen LogP contribution in [0.25, 0.3) is 33.3 Å². The van der Waals surface area contributed by atoms with Gasteiger partial charge in [0.25, 0.3) is 5.91 Å². The van der Waals surface area contributed by atoms with Gasteiger partial charge in [0.2, 0.25) is 0 Å². The smallest absolute Gasteiger partial charge is 0.276 e. The van der Waals surface area contributed by atoms with E-state index in [-0.39, 0.29) is 23.8 Å². The SMILES string of the molecule is O=C(NOCCO)c1ccc(-c2ccc3ncn(Cc4ccc5ncccc5c4)c3n2)cc1Cl. The van der Waals surface area contributed by atoms with Crippen molar-refractivity contribution in [2.45, 2.75) is 6.54 Å². The summed E-state index contributed by atoms with van der Waals surface area (Å²) in [5.74, 6) is -0.489. The van der Waals surface area contributed by atoms with E-state index in [1.54, 1.807) is 30.7 Å². The van der Waals surface area contributed by atoms with E-state index < -0.39 is 5.91 Å². The maximum atomic E-state index is 12.2. The number of aliphatic hydroxyl groups excluding tert-OH is 1. The molecule has 5 rings (SSSR count). The zero-order chi connectivity index (χ0) is 23.5. The molecule has 0 saturated heterocycles. The van der Waals surface area contributed by atoms with Crippen molar-refractivity contribution in [1.29, 1.82) is 0 Å². The number of pyridine rings is 2. The number of hydrogen-bond donors (Lipinski definition) is 2. The van der Waals surface area contributed by atoms with E-state index in [2.05, 4.69) is 27.6 Å². The van der Waals surface area contributed by atoms with Crippen molar-refractivity contribution in [3.05, 3.63) is 89.3 Å². The monoisotopic (exact) mass is 473 g/mol. The second-order valence-electron chi connectivity index (χ2n) is 7.64. The summed E-state index contributed by atoms with van der Waals surface area (Å²) in [5, 5.41) is 10.1. The number of fused-ring (bicyclic) bond motifs is 2. The van der Waals surface area contributed by atoms with E-state index in [0.29, 0.717) is 12.2 Å². The molecule has 0 fully saturated rings. The van der Waals surface area contributed by atoms with Gasteiger partial charge in [0.15, 0.2) is 5.65 Å². The normalized spacial score (nSPS) is 11.2. The van der Waals surface area contributed by atoms with Crippen molar-refractivity contribution in [3.8, 4) is 11.3 Å². The van der Waals surface area contributed by atoms with Gasteiger partial charge in [0.05, 0.1) is 47.9 Å². The summed E-state index contributed by atoms with van der Waals surface area (Å²) in [5.41, 5.74) is 7.60. The molecular formula is C25H20ClN5O3. The summed E-state index contributed by atoms with van der Waals surface area (Å²) in [6, 6.07) is 19.0. The highest BCUT2D eigenvalue weighted by Crippen LogP contribution is 2.26. The first-order valence-corrected chi connectivity index (χ1v) is 11.0. The van der Waals surface area contributed by atoms with E-state index in [1.807, 2.05) is 34.9 Å². The number of rotatable bonds is 7. The van der Waals surface area contributed by atoms with Crippen LogP contribution in [-0.2, 0) is 11.4 Å². The molecule has 0 aliphatic heterocycles. The lowest BCUT2D eigenvalue weighted by Crippen LogP contribution is -2.25. The molecule has 1 amide bonds. The van der Waals surface area contributed by atoms with Crippen LogP contribution in [0.2, 0.25) is 5.02 Å². The molecule has 34 heavy (non-hydrogen) atoms. The Labute approximate surface area is 199 Å². The average molecular weight is 474 g/mol. The lowest BCUT2D eigenvalue weighted by Gasteiger charge is -2.09. The van der Waals surface area contributed by atoms with Gasteiger partial charge in [0, 0.05) is 17.1 Å². The number of imidazole rings is 1. The van der Waals surface area contributed by atoms with Crippen LogP contribution in [0, 0.1) is 0 Å². The summed E-state index contributed by atoms with van der Waals surface area (Å²) < 4.78 is 2.00. The van der Waals surface area contributed by atoms with E-state index in [0.717, 1.165) is 33.2 Å². The summed E-state index contributed by atoms with van der Waals surface area (Å²) in [6.07, 6.45) is 3.56. The third kappa shape index (κ3) is 4.47. The number of nitrogens with one attached hydrogen (secondary N) is 1. The van der Waals surface area contributed by atoms with Crippen molar-refractivity contribution in [3.63, 3.8) is 0 Å². The van der Waals surface area contributed by atoms with Crippen LogP contribution in [0.5, 0.6) is 0 Å². The molecule has 5 aromatic rings. The van der Waals surface area contributed by atoms with Gasteiger partial charge in [-0.1, -0.05) is 29.8 Å². The van der Waals surface area contributed by atoms with Crippen LogP contribution in [0.15, 0.2) is 73.2 Å². The number of benzene rings is 2. The standard InChI is InChI=1S/C25H20ClN5O3/c26-20-13-18(4-5-19(20)25(33)30-34-11-10-32)22-7-8-23-24(29-22)31(15-28-23)14-16-3-6-21-17(12-16)2-1-9-27-21/h1-9,12-13,15,32H,10-11,14H2,(H,30,33). The van der Waals surface area contributed by atoms with Crippen molar-refractivity contribution in [2.75, 3.05) is 13.2 Å². The number of aromatic nitrogens is 4. The highest BCUT2D eigenvalue weighted by atomic mass is 35.5. The predicted molar refractivity (Wildman–Crippen MR) is 129 cm³/mol. The van der Waals surface area contributed by atoms with Crippen LogP contribution in [0.4, 0.5) is 0 Å². The molecule has 0 saturated carbocycles. The Balaban J connectivity index is 1.42. The summed E-state index contributed by atoms with van der Waals surface area (Å²) in [7, 11) is 0. The molecule has 2 aromatic carbocycles. The maximum absolute atomic E-state index is 12.2. The molecule has 3 aromatic heterocycles. The van der Waals surface area contributed by atoms with Gasteiger partial charge in [0.1, 0.15) is 5.52 Å². The van der Waals surface area contributed by atoms with Crippen LogP contribution >= 0.6 is 11.6 Å². The lowest BCUT2D eigenvalue weighted by atomic mass is 10.1. The van der Waals surface area contributed by atoms with Crippen LogP contribution in [0.1, 0.15) is 15.9 Å². The number of aliphatic hydroxyl groups is 1. The van der Waals surface area contributed by atoms with Crippen LogP contribution in [0.3, 0.4) is 0 Å². The minimum Gasteiger partial charge on any atom is -0.394 e. The van der Waals surface area contributed by atoms with E-state index in [9.17, 15) is 4.79 Å². The Bertz CT molecular complexity index is 1500. The highest BCUT2D eigenvalue weighted by molar-refractivity contribution is 6.34. The molecule has 0 unspecified atom stereocenters. The zero-order valence-electron chi connectivity index (χ0n) is 18.0. The molecule has 0 aliphatic rings. The van der Waals surface area contributed by atoms with E-state index >= 15 is 0 Å². The Morgan fingerprint density at radius 2 is 1.94 bits per heavy atom. The summed E-state index contributed by atoms with van der Waals surface area (Å²) in [6.45, 7) is 0.413. The number of carbonyl (C=O) groups is 1. The molecule has 0 spiro atoms. The minimum absolute atomic E-state index is 0.00481. The van der Waals surface area contributed by atoms with Crippen LogP contribution in [-0.4, -0.2) is 43.7 Å². The molecule has 3 heterocycles. The average Bonchev–Trinajstić information content (AvgIpc) is 3.26. The van der Waals surface area contributed by atoms with Gasteiger partial charge in [-0.3, -0.25) is 14.6 Å². The molecule has 8 nitrogen and oxygen atoms in total. The third-order valence-corrected chi connectivity index (χ3v) is 5.66. The molecule has 0 radical (unpaired) electrons. The number of hydrogen-bond acceptors (Lipinski definition) is 6. The number of carbonyl (C=O) groups excluding carboxylic acids is 1. The summed E-state index contributed by atoms with van der Waals surface area (Å²) in [4.78, 5) is 30.7. The Hall–Kier alpha value is -3.85. The van der Waals surface area contributed by atoms with Gasteiger partial charge < -0.3 is 9.67 Å². The largest absolute Gasteiger partial charge is 0.394 e. The molecular weight excluding hydrogens is 454 g/mol. The van der Waals surface area contributed by atoms with E-state index in [1.165, 1.54) is 0 Å². The number of halogens is 1. The van der Waals surface area contributed by atoms with Crippen molar-refractivity contribution >= 4 is 39.6 Å². The Kier molecular flexibility index (Phi) is 6.18. The minimum atomic E-state index is -0.489. The van der Waals surface area contributed by atoms with Gasteiger partial charge in [-0.15, -0.1) is 0 Å². The molecule has 2 N–H and O–H groups in total. The number of amides is 1. The van der Waals surface area contributed by atoms with Crippen molar-refractivity contribution in [1.82, 2.24) is 25.0 Å². The molecule has 0 aliphatic carbocycles. The molecule has 9 heteroatoms. The van der Waals surface area contributed by atoms with Gasteiger partial charge in [-0.05, 0) is 48.0 Å². The third-order valence-electron chi connectivity index (χ3n) is 5.35. The maximum Gasteiger partial charge on any atom is 0.276 e.